The fourth-order valence-corrected chi connectivity index (χ4v) is 4.08. The van der Waals surface area contributed by atoms with E-state index >= 15 is 0 Å². The van der Waals surface area contributed by atoms with E-state index < -0.39 is 0 Å². The molecule has 0 spiro atoms. The number of aliphatic hydroxyl groups is 1. The Kier molecular flexibility index (Phi) is 4.72. The number of halogens is 1. The van der Waals surface area contributed by atoms with Crippen molar-refractivity contribution in [2.45, 2.75) is 63.8 Å². The van der Waals surface area contributed by atoms with Crippen LogP contribution in [0.4, 0.5) is 5.69 Å². The summed E-state index contributed by atoms with van der Waals surface area (Å²) in [7, 11) is 0. The van der Waals surface area contributed by atoms with Crippen molar-refractivity contribution >= 4 is 17.3 Å². The minimum atomic E-state index is -0.118. The van der Waals surface area contributed by atoms with E-state index in [0.717, 1.165) is 37.4 Å². The number of anilines is 1. The quantitative estimate of drug-likeness (QED) is 0.819. The Balaban J connectivity index is 1.84. The van der Waals surface area contributed by atoms with Crippen molar-refractivity contribution in [3.05, 3.63) is 28.8 Å². The van der Waals surface area contributed by atoms with Gasteiger partial charge >= 0.3 is 0 Å². The molecule has 2 aliphatic rings. The molecule has 0 amide bonds. The van der Waals surface area contributed by atoms with E-state index in [0.29, 0.717) is 12.1 Å². The Labute approximate surface area is 132 Å². The fraction of sp³-hybridized carbons (Fsp3) is 0.647. The zero-order valence-electron chi connectivity index (χ0n) is 12.7. The monoisotopic (exact) mass is 308 g/mol. The van der Waals surface area contributed by atoms with Gasteiger partial charge in [0.2, 0.25) is 0 Å². The second-order valence-corrected chi connectivity index (χ2v) is 6.80. The van der Waals surface area contributed by atoms with E-state index in [4.69, 9.17) is 11.6 Å². The summed E-state index contributed by atoms with van der Waals surface area (Å²) >= 11 is 6.19. The van der Waals surface area contributed by atoms with E-state index in [-0.39, 0.29) is 6.10 Å². The number of nitrogens with one attached hydrogen (secondary N) is 1. The van der Waals surface area contributed by atoms with Crippen LogP contribution >= 0.6 is 11.6 Å². The highest BCUT2D eigenvalue weighted by Gasteiger charge is 2.40. The fourth-order valence-electron chi connectivity index (χ4n) is 3.89. The van der Waals surface area contributed by atoms with Crippen LogP contribution in [-0.4, -0.2) is 29.8 Å². The van der Waals surface area contributed by atoms with Crippen LogP contribution in [0.15, 0.2) is 18.2 Å². The molecule has 2 fully saturated rings. The molecule has 2 unspecified atom stereocenters. The lowest BCUT2D eigenvalue weighted by Crippen LogP contribution is -2.45. The molecule has 0 saturated carbocycles. The van der Waals surface area contributed by atoms with Crippen LogP contribution in [0.25, 0.3) is 0 Å². The molecule has 3 rings (SSSR count). The topological polar surface area (TPSA) is 35.5 Å². The van der Waals surface area contributed by atoms with Crippen molar-refractivity contribution in [1.29, 1.82) is 0 Å². The van der Waals surface area contributed by atoms with Gasteiger partial charge in [0.25, 0.3) is 0 Å². The summed E-state index contributed by atoms with van der Waals surface area (Å²) < 4.78 is 0. The molecule has 2 aliphatic heterocycles. The number of benzene rings is 1. The summed E-state index contributed by atoms with van der Waals surface area (Å²) in [6.45, 7) is 4.07. The number of nitrogens with zero attached hydrogens (tertiary/aromatic N) is 1. The lowest BCUT2D eigenvalue weighted by atomic mass is 9.97. The van der Waals surface area contributed by atoms with Crippen LogP contribution in [0, 0.1) is 0 Å². The summed E-state index contributed by atoms with van der Waals surface area (Å²) in [4.78, 5) is 2.55. The Morgan fingerprint density at radius 1 is 1.29 bits per heavy atom. The zero-order valence-corrected chi connectivity index (χ0v) is 13.4. The molecule has 2 heterocycles. The highest BCUT2D eigenvalue weighted by molar-refractivity contribution is 6.30. The van der Waals surface area contributed by atoms with Gasteiger partial charge in [0, 0.05) is 29.3 Å². The highest BCUT2D eigenvalue weighted by atomic mass is 35.5. The van der Waals surface area contributed by atoms with Gasteiger partial charge in [-0.2, -0.15) is 0 Å². The first kappa shape index (κ1) is 15.1. The molecule has 2 saturated heterocycles. The van der Waals surface area contributed by atoms with Crippen LogP contribution in [-0.2, 0) is 6.54 Å². The van der Waals surface area contributed by atoms with Crippen molar-refractivity contribution in [2.24, 2.45) is 0 Å². The molecule has 4 heteroatoms. The van der Waals surface area contributed by atoms with E-state index in [1.807, 2.05) is 6.07 Å². The standard InChI is InChI=1S/C17H25ClN2O/c1-2-7-19-11-12-8-13(18)3-6-17(12)20-14-4-5-15(20)10-16(21)9-14/h3,6,8,14-16,19,21H,2,4-5,7,9-11H2,1H3. The maximum absolute atomic E-state index is 9.98. The Hall–Kier alpha value is -0.770. The number of rotatable bonds is 5. The number of aliphatic hydroxyl groups excluding tert-OH is 1. The third-order valence-corrected chi connectivity index (χ3v) is 5.01. The van der Waals surface area contributed by atoms with Gasteiger partial charge in [-0.15, -0.1) is 0 Å². The maximum Gasteiger partial charge on any atom is 0.0579 e. The Bertz CT molecular complexity index is 480. The molecule has 1 aromatic carbocycles. The van der Waals surface area contributed by atoms with E-state index in [1.54, 1.807) is 0 Å². The van der Waals surface area contributed by atoms with Gasteiger partial charge in [-0.1, -0.05) is 18.5 Å². The van der Waals surface area contributed by atoms with E-state index in [9.17, 15) is 5.11 Å². The van der Waals surface area contributed by atoms with E-state index in [2.05, 4.69) is 29.3 Å². The molecular formula is C17H25ClN2O. The minimum Gasteiger partial charge on any atom is -0.393 e. The van der Waals surface area contributed by atoms with E-state index in [1.165, 1.54) is 24.1 Å². The average Bonchev–Trinajstić information content (AvgIpc) is 2.72. The van der Waals surface area contributed by atoms with Gasteiger partial charge in [-0.3, -0.25) is 0 Å². The average molecular weight is 309 g/mol. The molecule has 2 N–H and O–H groups in total. The number of piperidine rings is 1. The lowest BCUT2D eigenvalue weighted by molar-refractivity contribution is 0.126. The number of hydrogen-bond donors (Lipinski definition) is 2. The van der Waals surface area contributed by atoms with Gasteiger partial charge in [-0.05, 0) is 62.4 Å². The third-order valence-electron chi connectivity index (χ3n) is 4.77. The first-order valence-electron chi connectivity index (χ1n) is 8.14. The molecular weight excluding hydrogens is 284 g/mol. The molecule has 2 atom stereocenters. The van der Waals surface area contributed by atoms with Crippen LogP contribution in [0.2, 0.25) is 5.02 Å². The van der Waals surface area contributed by atoms with Crippen LogP contribution < -0.4 is 10.2 Å². The van der Waals surface area contributed by atoms with Crippen molar-refractivity contribution < 1.29 is 5.11 Å². The molecule has 2 bridgehead atoms. The molecule has 1 aromatic rings. The van der Waals surface area contributed by atoms with Gasteiger partial charge in [0.05, 0.1) is 6.10 Å². The van der Waals surface area contributed by atoms with Crippen LogP contribution in [0.5, 0.6) is 0 Å². The summed E-state index contributed by atoms with van der Waals surface area (Å²) in [5.41, 5.74) is 2.59. The van der Waals surface area contributed by atoms with Gasteiger partial charge < -0.3 is 15.3 Å². The Morgan fingerprint density at radius 3 is 2.67 bits per heavy atom. The summed E-state index contributed by atoms with van der Waals surface area (Å²) in [5, 5.41) is 14.3. The summed E-state index contributed by atoms with van der Waals surface area (Å²) in [6, 6.07) is 7.22. The SMILES string of the molecule is CCCNCc1cc(Cl)ccc1N1C2CCC1CC(O)C2. The molecule has 0 aromatic heterocycles. The van der Waals surface area contributed by atoms with Crippen molar-refractivity contribution in [2.75, 3.05) is 11.4 Å². The first-order valence-corrected chi connectivity index (χ1v) is 8.52. The molecule has 0 aliphatic carbocycles. The largest absolute Gasteiger partial charge is 0.393 e. The summed E-state index contributed by atoms with van der Waals surface area (Å²) in [5.74, 6) is 0. The molecule has 116 valence electrons. The first-order chi connectivity index (χ1) is 10.2. The predicted molar refractivity (Wildman–Crippen MR) is 88.0 cm³/mol. The molecule has 21 heavy (non-hydrogen) atoms. The van der Waals surface area contributed by atoms with Gasteiger partial charge in [0.1, 0.15) is 0 Å². The van der Waals surface area contributed by atoms with Crippen LogP contribution in [0.1, 0.15) is 44.6 Å². The highest BCUT2D eigenvalue weighted by Crippen LogP contribution is 2.41. The van der Waals surface area contributed by atoms with Gasteiger partial charge in [-0.25, -0.2) is 0 Å². The van der Waals surface area contributed by atoms with Gasteiger partial charge in [0.15, 0.2) is 0 Å². The van der Waals surface area contributed by atoms with Crippen molar-refractivity contribution in [3.63, 3.8) is 0 Å². The maximum atomic E-state index is 9.98. The van der Waals surface area contributed by atoms with Crippen molar-refractivity contribution in [1.82, 2.24) is 5.32 Å². The minimum absolute atomic E-state index is 0.118. The Morgan fingerprint density at radius 2 is 2.00 bits per heavy atom. The number of hydrogen-bond acceptors (Lipinski definition) is 3. The molecule has 0 radical (unpaired) electrons. The second-order valence-electron chi connectivity index (χ2n) is 6.37. The number of fused-ring (bicyclic) bond motifs is 2. The predicted octanol–water partition coefficient (Wildman–Crippen LogP) is 3.33. The third kappa shape index (κ3) is 3.20. The normalized spacial score (nSPS) is 28.1. The van der Waals surface area contributed by atoms with Crippen LogP contribution in [0.3, 0.4) is 0 Å². The smallest absolute Gasteiger partial charge is 0.0579 e. The van der Waals surface area contributed by atoms with Crippen molar-refractivity contribution in [3.8, 4) is 0 Å². The lowest BCUT2D eigenvalue weighted by Gasteiger charge is -2.40. The molecule has 3 nitrogen and oxygen atoms in total. The second kappa shape index (κ2) is 6.55. The summed E-state index contributed by atoms with van der Waals surface area (Å²) in [6.07, 6.45) is 5.23. The zero-order chi connectivity index (χ0) is 14.8.